The Morgan fingerprint density at radius 3 is 2.67 bits per heavy atom. The van der Waals surface area contributed by atoms with Gasteiger partial charge in [-0.05, 0) is 6.42 Å². The van der Waals surface area contributed by atoms with Crippen molar-refractivity contribution < 1.29 is 14.7 Å². The predicted molar refractivity (Wildman–Crippen MR) is 66.7 cm³/mol. The third-order valence-corrected chi connectivity index (χ3v) is 2.91. The van der Waals surface area contributed by atoms with E-state index >= 15 is 0 Å². The summed E-state index contributed by atoms with van der Waals surface area (Å²) in [6, 6.07) is -0.652. The molecule has 18 heavy (non-hydrogen) atoms. The van der Waals surface area contributed by atoms with Crippen molar-refractivity contribution in [1.82, 2.24) is 9.80 Å². The number of nitrogens with zero attached hydrogens (tertiary/aromatic N) is 2. The number of hydrogen-bond donors (Lipinski definition) is 2. The van der Waals surface area contributed by atoms with Gasteiger partial charge >= 0.3 is 5.97 Å². The van der Waals surface area contributed by atoms with E-state index in [2.05, 4.69) is 5.92 Å². The third kappa shape index (κ3) is 4.35. The number of terminal acetylenes is 1. The van der Waals surface area contributed by atoms with Gasteiger partial charge in [0.2, 0.25) is 5.91 Å². The zero-order valence-corrected chi connectivity index (χ0v) is 10.3. The summed E-state index contributed by atoms with van der Waals surface area (Å²) in [5.74, 6) is 1.38. The molecule has 0 aliphatic carbocycles. The van der Waals surface area contributed by atoms with Gasteiger partial charge in [-0.25, -0.2) is 0 Å². The summed E-state index contributed by atoms with van der Waals surface area (Å²) in [6.45, 7) is 2.36. The molecule has 0 aromatic heterocycles. The third-order valence-electron chi connectivity index (χ3n) is 2.91. The van der Waals surface area contributed by atoms with E-state index in [-0.39, 0.29) is 18.9 Å². The molecule has 1 amide bonds. The van der Waals surface area contributed by atoms with E-state index in [0.717, 1.165) is 6.42 Å². The van der Waals surface area contributed by atoms with Crippen molar-refractivity contribution in [3.8, 4) is 12.3 Å². The highest BCUT2D eigenvalue weighted by Crippen LogP contribution is 2.05. The van der Waals surface area contributed by atoms with Crippen molar-refractivity contribution in [2.45, 2.75) is 18.9 Å². The van der Waals surface area contributed by atoms with Gasteiger partial charge in [0.1, 0.15) is 0 Å². The van der Waals surface area contributed by atoms with Crippen LogP contribution in [0.4, 0.5) is 0 Å². The Bertz CT molecular complexity index is 351. The number of carbonyl (C=O) groups is 2. The van der Waals surface area contributed by atoms with Gasteiger partial charge in [0.15, 0.2) is 0 Å². The second kappa shape index (κ2) is 6.99. The molecule has 0 aromatic carbocycles. The Kier molecular flexibility index (Phi) is 5.62. The van der Waals surface area contributed by atoms with Gasteiger partial charge in [0.05, 0.1) is 12.6 Å². The van der Waals surface area contributed by atoms with E-state index in [1.807, 2.05) is 4.90 Å². The van der Waals surface area contributed by atoms with E-state index in [9.17, 15) is 9.59 Å². The number of nitrogens with two attached hydrogens (primary N) is 1. The molecular weight excluding hydrogens is 234 g/mol. The number of amides is 1. The second-order valence-electron chi connectivity index (χ2n) is 4.36. The highest BCUT2D eigenvalue weighted by molar-refractivity contribution is 5.82. The molecule has 0 bridgehead atoms. The zero-order chi connectivity index (χ0) is 13.5. The molecule has 1 aliphatic rings. The van der Waals surface area contributed by atoms with Crippen LogP contribution in [0, 0.1) is 12.3 Å². The first-order valence-electron chi connectivity index (χ1n) is 5.96. The molecule has 0 saturated carbocycles. The number of carboxylic acid groups (broad SMARTS) is 1. The van der Waals surface area contributed by atoms with Crippen LogP contribution in [0.3, 0.4) is 0 Å². The van der Waals surface area contributed by atoms with Crippen LogP contribution in [0.5, 0.6) is 0 Å². The largest absolute Gasteiger partial charge is 0.480 e. The molecule has 0 spiro atoms. The molecule has 1 unspecified atom stereocenters. The number of carbonyl (C=O) groups excluding carboxylic acids is 1. The van der Waals surface area contributed by atoms with Crippen LogP contribution in [0.15, 0.2) is 0 Å². The molecule has 1 aliphatic heterocycles. The molecule has 6 nitrogen and oxygen atoms in total. The van der Waals surface area contributed by atoms with Gasteiger partial charge in [0, 0.05) is 32.6 Å². The van der Waals surface area contributed by atoms with Gasteiger partial charge < -0.3 is 15.7 Å². The van der Waals surface area contributed by atoms with Gasteiger partial charge in [-0.1, -0.05) is 0 Å². The molecule has 0 aromatic rings. The van der Waals surface area contributed by atoms with Gasteiger partial charge in [-0.15, -0.1) is 12.3 Å². The molecular formula is C12H19N3O3. The maximum absolute atomic E-state index is 11.9. The van der Waals surface area contributed by atoms with Gasteiger partial charge in [-0.3, -0.25) is 14.5 Å². The average Bonchev–Trinajstić information content (AvgIpc) is 2.53. The molecule has 1 saturated heterocycles. The van der Waals surface area contributed by atoms with Gasteiger partial charge in [-0.2, -0.15) is 0 Å². The predicted octanol–water partition coefficient (Wildman–Crippen LogP) is -1.04. The van der Waals surface area contributed by atoms with Crippen molar-refractivity contribution >= 4 is 11.9 Å². The van der Waals surface area contributed by atoms with E-state index in [4.69, 9.17) is 17.3 Å². The SMILES string of the molecule is C#CCC(N)C(=O)N1CCCN(CC(=O)O)CC1. The lowest BCUT2D eigenvalue weighted by atomic mass is 10.2. The van der Waals surface area contributed by atoms with E-state index in [1.54, 1.807) is 4.90 Å². The first kappa shape index (κ1) is 14.5. The van der Waals surface area contributed by atoms with E-state index in [1.165, 1.54) is 0 Å². The van der Waals surface area contributed by atoms with Crippen molar-refractivity contribution in [2.75, 3.05) is 32.7 Å². The smallest absolute Gasteiger partial charge is 0.317 e. The van der Waals surface area contributed by atoms with Crippen LogP contribution in [-0.4, -0.2) is 65.5 Å². The van der Waals surface area contributed by atoms with Crippen LogP contribution in [0.1, 0.15) is 12.8 Å². The lowest BCUT2D eigenvalue weighted by molar-refractivity contribution is -0.138. The van der Waals surface area contributed by atoms with Crippen LogP contribution >= 0.6 is 0 Å². The summed E-state index contributed by atoms with van der Waals surface area (Å²) in [4.78, 5) is 26.1. The van der Waals surface area contributed by atoms with E-state index < -0.39 is 12.0 Å². The number of aliphatic carboxylic acids is 1. The highest BCUT2D eigenvalue weighted by atomic mass is 16.4. The second-order valence-corrected chi connectivity index (χ2v) is 4.36. The number of carboxylic acids is 1. The standard InChI is InChI=1S/C12H19N3O3/c1-2-4-10(13)12(18)15-6-3-5-14(7-8-15)9-11(16)17/h1,10H,3-9,13H2,(H,16,17). The van der Waals surface area contributed by atoms with Crippen LogP contribution < -0.4 is 5.73 Å². The first-order valence-corrected chi connectivity index (χ1v) is 5.96. The zero-order valence-electron chi connectivity index (χ0n) is 10.3. The molecule has 0 radical (unpaired) electrons. The number of rotatable bonds is 4. The summed E-state index contributed by atoms with van der Waals surface area (Å²) in [5, 5.41) is 8.73. The fraction of sp³-hybridized carbons (Fsp3) is 0.667. The number of hydrogen-bond acceptors (Lipinski definition) is 4. The molecule has 1 fully saturated rings. The van der Waals surface area contributed by atoms with E-state index in [0.29, 0.717) is 26.2 Å². The molecule has 100 valence electrons. The molecule has 3 N–H and O–H groups in total. The van der Waals surface area contributed by atoms with Crippen molar-refractivity contribution in [3.05, 3.63) is 0 Å². The normalized spacial score (nSPS) is 18.8. The Morgan fingerprint density at radius 2 is 2.06 bits per heavy atom. The summed E-state index contributed by atoms with van der Waals surface area (Å²) in [7, 11) is 0. The van der Waals surface area contributed by atoms with Crippen LogP contribution in [0.2, 0.25) is 0 Å². The fourth-order valence-corrected chi connectivity index (χ4v) is 1.99. The Balaban J connectivity index is 2.49. The monoisotopic (exact) mass is 253 g/mol. The minimum Gasteiger partial charge on any atom is -0.480 e. The topological polar surface area (TPSA) is 86.9 Å². The van der Waals surface area contributed by atoms with Crippen molar-refractivity contribution in [2.24, 2.45) is 5.73 Å². The van der Waals surface area contributed by atoms with Crippen LogP contribution in [-0.2, 0) is 9.59 Å². The van der Waals surface area contributed by atoms with Crippen molar-refractivity contribution in [3.63, 3.8) is 0 Å². The minimum absolute atomic E-state index is 0.0123. The summed E-state index contributed by atoms with van der Waals surface area (Å²) >= 11 is 0. The maximum atomic E-state index is 11.9. The molecule has 6 heteroatoms. The highest BCUT2D eigenvalue weighted by Gasteiger charge is 2.23. The van der Waals surface area contributed by atoms with Gasteiger partial charge in [0.25, 0.3) is 0 Å². The summed E-state index contributed by atoms with van der Waals surface area (Å²) < 4.78 is 0. The quantitative estimate of drug-likeness (QED) is 0.625. The first-order chi connectivity index (χ1) is 8.54. The Labute approximate surface area is 107 Å². The van der Waals surface area contributed by atoms with Crippen molar-refractivity contribution in [1.29, 1.82) is 0 Å². The molecule has 1 heterocycles. The average molecular weight is 253 g/mol. The minimum atomic E-state index is -0.848. The molecule has 1 atom stereocenters. The Hall–Kier alpha value is -1.58. The fourth-order valence-electron chi connectivity index (χ4n) is 1.99. The Morgan fingerprint density at radius 1 is 1.33 bits per heavy atom. The lowest BCUT2D eigenvalue weighted by Gasteiger charge is -2.23. The molecule has 1 rings (SSSR count). The van der Waals surface area contributed by atoms with Crippen LogP contribution in [0.25, 0.3) is 0 Å². The summed E-state index contributed by atoms with van der Waals surface area (Å²) in [6.07, 6.45) is 6.11. The lowest BCUT2D eigenvalue weighted by Crippen LogP contribution is -2.45. The maximum Gasteiger partial charge on any atom is 0.317 e. The summed E-state index contributed by atoms with van der Waals surface area (Å²) in [5.41, 5.74) is 5.68.